The molecule has 0 aliphatic carbocycles. The lowest BCUT2D eigenvalue weighted by molar-refractivity contribution is -0.330. The van der Waals surface area contributed by atoms with Crippen molar-refractivity contribution >= 4 is 34.7 Å². The summed E-state index contributed by atoms with van der Waals surface area (Å²) in [6.45, 7) is 2.38. The van der Waals surface area contributed by atoms with E-state index in [2.05, 4.69) is 35.9 Å². The fraction of sp³-hybridized carbons (Fsp3) is 0.214. The van der Waals surface area contributed by atoms with E-state index in [1.807, 2.05) is 6.92 Å². The van der Waals surface area contributed by atoms with E-state index in [1.165, 1.54) is 6.20 Å². The number of rotatable bonds is 5. The van der Waals surface area contributed by atoms with Crippen LogP contribution in [0.4, 0.5) is 16.4 Å². The highest BCUT2D eigenvalue weighted by Gasteiger charge is 2.10. The van der Waals surface area contributed by atoms with Crippen molar-refractivity contribution in [2.24, 2.45) is 10.7 Å². The van der Waals surface area contributed by atoms with E-state index >= 15 is 0 Å². The van der Waals surface area contributed by atoms with Crippen LogP contribution in [0.2, 0.25) is 0 Å². The van der Waals surface area contributed by atoms with Crippen molar-refractivity contribution in [1.82, 2.24) is 20.6 Å². The molecule has 0 fully saturated rings. The summed E-state index contributed by atoms with van der Waals surface area (Å²) in [5.74, 6) is 1.16. The average molecular weight is 315 g/mol. The number of carbonyl (C=O) groups excluding carboxylic acids is 1. The lowest BCUT2D eigenvalue weighted by atomic mass is 10.4. The molecule has 120 valence electrons. The number of carbonyl (C=O) groups is 1. The number of aliphatic imine (C=N–C) groups is 1. The first-order chi connectivity index (χ1) is 11.1. The first kappa shape index (κ1) is 16.1. The summed E-state index contributed by atoms with van der Waals surface area (Å²) >= 11 is 0. The van der Waals surface area contributed by atoms with Crippen molar-refractivity contribution in [3.63, 3.8) is 0 Å². The minimum atomic E-state index is -0.299. The van der Waals surface area contributed by atoms with Gasteiger partial charge in [-0.05, 0) is 25.3 Å². The van der Waals surface area contributed by atoms with Crippen LogP contribution in [0.3, 0.4) is 0 Å². The summed E-state index contributed by atoms with van der Waals surface area (Å²) in [5.41, 5.74) is 6.88. The van der Waals surface area contributed by atoms with Crippen LogP contribution in [0.15, 0.2) is 35.6 Å². The zero-order valence-corrected chi connectivity index (χ0v) is 12.9. The van der Waals surface area contributed by atoms with Crippen LogP contribution in [0.25, 0.3) is 11.2 Å². The maximum atomic E-state index is 11.5. The van der Waals surface area contributed by atoms with E-state index in [-0.39, 0.29) is 6.03 Å². The largest absolute Gasteiger partial charge is 0.394 e. The van der Waals surface area contributed by atoms with Gasteiger partial charge in [-0.3, -0.25) is 0 Å². The lowest BCUT2D eigenvalue weighted by Gasteiger charge is -2.01. The Hall–Kier alpha value is -3.23. The van der Waals surface area contributed by atoms with Crippen molar-refractivity contribution in [2.45, 2.75) is 6.92 Å². The number of fused-ring (bicyclic) bond motifs is 1. The van der Waals surface area contributed by atoms with Gasteiger partial charge in [-0.15, -0.1) is 0 Å². The highest BCUT2D eigenvalue weighted by Crippen LogP contribution is 2.12. The van der Waals surface area contributed by atoms with Gasteiger partial charge in [0.2, 0.25) is 11.6 Å². The molecule has 6 N–H and O–H groups in total. The van der Waals surface area contributed by atoms with E-state index in [0.29, 0.717) is 35.2 Å². The van der Waals surface area contributed by atoms with E-state index in [0.717, 1.165) is 0 Å². The van der Waals surface area contributed by atoms with Crippen LogP contribution in [-0.4, -0.2) is 35.4 Å². The number of pyridine rings is 1. The molecule has 23 heavy (non-hydrogen) atoms. The normalized spacial score (nSPS) is 11.7. The zero-order chi connectivity index (χ0) is 16.7. The maximum absolute atomic E-state index is 11.5. The van der Waals surface area contributed by atoms with E-state index in [4.69, 9.17) is 5.73 Å². The highest BCUT2D eigenvalue weighted by atomic mass is 16.2. The molecule has 0 bridgehead atoms. The summed E-state index contributed by atoms with van der Waals surface area (Å²) in [4.78, 5) is 27.2. The molecule has 0 aliphatic heterocycles. The number of anilines is 1. The number of hydrogen-bond acceptors (Lipinski definition) is 5. The monoisotopic (exact) mass is 315 g/mol. The van der Waals surface area contributed by atoms with Gasteiger partial charge in [0, 0.05) is 19.7 Å². The molecule has 0 spiro atoms. The summed E-state index contributed by atoms with van der Waals surface area (Å²) in [7, 11) is 1.76. The minimum Gasteiger partial charge on any atom is -0.394 e. The van der Waals surface area contributed by atoms with Gasteiger partial charge in [0.15, 0.2) is 0 Å². The summed E-state index contributed by atoms with van der Waals surface area (Å²) < 4.78 is 0. The molecule has 0 aliphatic rings. The Morgan fingerprint density at radius 2 is 2.30 bits per heavy atom. The van der Waals surface area contributed by atoms with Crippen molar-refractivity contribution < 1.29 is 9.78 Å². The predicted octanol–water partition coefficient (Wildman–Crippen LogP) is 0.307. The predicted molar refractivity (Wildman–Crippen MR) is 88.3 cm³/mol. The van der Waals surface area contributed by atoms with Gasteiger partial charge in [-0.25, -0.2) is 20.1 Å². The number of aromatic amines is 1. The standard InChI is InChI=1S/C14H18N8O/c1-3-17-14(23)22-11-5-4-9-13(20-11)21-12(8-18-9)19-10(15)6-7-16-2/h4-8,16H,3H2,1-2H3,(H4,15,17,19,20,21,22,23)/p+1/b7-6-. The van der Waals surface area contributed by atoms with Gasteiger partial charge in [0.05, 0.1) is 6.20 Å². The molecule has 2 heterocycles. The summed E-state index contributed by atoms with van der Waals surface area (Å²) in [6, 6.07) is 3.16. The average Bonchev–Trinajstić information content (AvgIpc) is 2.52. The van der Waals surface area contributed by atoms with E-state index in [9.17, 15) is 4.79 Å². The van der Waals surface area contributed by atoms with Crippen LogP contribution >= 0.6 is 0 Å². The zero-order valence-electron chi connectivity index (χ0n) is 12.9. The molecule has 0 saturated carbocycles. The fourth-order valence-electron chi connectivity index (χ4n) is 1.73. The Morgan fingerprint density at radius 3 is 3.04 bits per heavy atom. The molecule has 0 saturated heterocycles. The van der Waals surface area contributed by atoms with Crippen LogP contribution in [0, 0.1) is 0 Å². The Bertz CT molecular complexity index is 756. The smallest absolute Gasteiger partial charge is 0.377 e. The van der Waals surface area contributed by atoms with Crippen LogP contribution in [0.1, 0.15) is 6.92 Å². The number of amides is 2. The van der Waals surface area contributed by atoms with Crippen molar-refractivity contribution in [3.05, 3.63) is 30.6 Å². The molecule has 0 aromatic carbocycles. The minimum absolute atomic E-state index is 0.296. The van der Waals surface area contributed by atoms with Crippen molar-refractivity contribution in [2.75, 3.05) is 18.9 Å². The SMILES string of the molecule is CCNC(=O)Nc1ccc2ncc(N=C(N)/C=C\NC)nc2[nH+]1. The van der Waals surface area contributed by atoms with Gasteiger partial charge in [-0.2, -0.15) is 4.99 Å². The molecule has 0 unspecified atom stereocenters. The Kier molecular flexibility index (Phi) is 5.40. The number of nitrogens with two attached hydrogens (primary N) is 1. The second-order valence-electron chi connectivity index (χ2n) is 4.48. The van der Waals surface area contributed by atoms with Gasteiger partial charge in [0.25, 0.3) is 5.65 Å². The first-order valence-corrected chi connectivity index (χ1v) is 7.04. The van der Waals surface area contributed by atoms with E-state index in [1.54, 1.807) is 31.5 Å². The molecule has 9 nitrogen and oxygen atoms in total. The summed E-state index contributed by atoms with van der Waals surface area (Å²) in [6.07, 6.45) is 4.80. The van der Waals surface area contributed by atoms with Crippen LogP contribution in [-0.2, 0) is 0 Å². The fourth-order valence-corrected chi connectivity index (χ4v) is 1.73. The third-order valence-electron chi connectivity index (χ3n) is 2.70. The Labute approximate surface area is 133 Å². The number of nitrogens with one attached hydrogen (secondary N) is 4. The molecule has 2 aromatic heterocycles. The van der Waals surface area contributed by atoms with Gasteiger partial charge in [-0.1, -0.05) is 4.98 Å². The number of hydrogen-bond donors (Lipinski definition) is 4. The molecule has 0 radical (unpaired) electrons. The van der Waals surface area contributed by atoms with Gasteiger partial charge >= 0.3 is 6.03 Å². The number of aromatic nitrogens is 3. The summed E-state index contributed by atoms with van der Waals surface area (Å²) in [5, 5.41) is 8.13. The number of amidine groups is 1. The second kappa shape index (κ2) is 7.69. The Morgan fingerprint density at radius 1 is 1.48 bits per heavy atom. The number of H-pyrrole nitrogens is 1. The van der Waals surface area contributed by atoms with Crippen LogP contribution in [0.5, 0.6) is 0 Å². The first-order valence-electron chi connectivity index (χ1n) is 7.04. The van der Waals surface area contributed by atoms with Crippen LogP contribution < -0.4 is 26.7 Å². The molecule has 0 atom stereocenters. The number of nitrogens with zero attached hydrogens (tertiary/aromatic N) is 3. The quantitative estimate of drug-likeness (QED) is 0.465. The second-order valence-corrected chi connectivity index (χ2v) is 4.48. The van der Waals surface area contributed by atoms with Gasteiger partial charge < -0.3 is 16.4 Å². The van der Waals surface area contributed by atoms with Gasteiger partial charge in [0.1, 0.15) is 11.4 Å². The van der Waals surface area contributed by atoms with Crippen molar-refractivity contribution in [3.8, 4) is 0 Å². The van der Waals surface area contributed by atoms with Crippen molar-refractivity contribution in [1.29, 1.82) is 0 Å². The molecule has 2 amide bonds. The molecule has 9 heteroatoms. The molecule has 2 aromatic rings. The third kappa shape index (κ3) is 4.63. The van der Waals surface area contributed by atoms with E-state index < -0.39 is 0 Å². The third-order valence-corrected chi connectivity index (χ3v) is 2.70. The highest BCUT2D eigenvalue weighted by molar-refractivity contribution is 5.93. The Balaban J connectivity index is 2.26. The molecular weight excluding hydrogens is 296 g/mol. The lowest BCUT2D eigenvalue weighted by Crippen LogP contribution is -2.31. The molecular formula is C14H19N8O+. The number of urea groups is 1. The molecule has 2 rings (SSSR count). The maximum Gasteiger partial charge on any atom is 0.377 e. The topological polar surface area (TPSA) is 131 Å².